The van der Waals surface area contributed by atoms with E-state index in [9.17, 15) is 26.3 Å². The van der Waals surface area contributed by atoms with Crippen LogP contribution in [0.15, 0.2) is 5.38 Å². The van der Waals surface area contributed by atoms with Crippen molar-refractivity contribution in [1.29, 1.82) is 0 Å². The maximum atomic E-state index is 12.4. The third-order valence-electron chi connectivity index (χ3n) is 2.24. The Morgan fingerprint density at radius 3 is 2.06 bits per heavy atom. The molecule has 1 unspecified atom stereocenters. The van der Waals surface area contributed by atoms with Crippen molar-refractivity contribution in [2.24, 2.45) is 11.7 Å². The van der Waals surface area contributed by atoms with E-state index in [1.54, 1.807) is 6.92 Å². The van der Waals surface area contributed by atoms with Gasteiger partial charge >= 0.3 is 12.4 Å². The Balaban J connectivity index is 2.87. The molecule has 0 fully saturated rings. The standard InChI is InChI=1S/C9H10F6N2S/c1-4-17-5(3-18-4)2-6(16)7(8(10,11)12)9(13,14)15/h3,6-7H,2,16H2,1H3. The number of hydrogen-bond acceptors (Lipinski definition) is 3. The van der Waals surface area contributed by atoms with E-state index in [1.807, 2.05) is 0 Å². The van der Waals surface area contributed by atoms with Gasteiger partial charge in [-0.15, -0.1) is 11.3 Å². The Hall–Kier alpha value is -0.830. The fraction of sp³-hybridized carbons (Fsp3) is 0.667. The molecule has 0 aromatic carbocycles. The van der Waals surface area contributed by atoms with E-state index in [2.05, 4.69) is 4.98 Å². The zero-order valence-electron chi connectivity index (χ0n) is 9.14. The molecule has 18 heavy (non-hydrogen) atoms. The zero-order chi connectivity index (χ0) is 14.1. The summed E-state index contributed by atoms with van der Waals surface area (Å²) in [5, 5.41) is 1.96. The van der Waals surface area contributed by atoms with Gasteiger partial charge in [0.1, 0.15) is 0 Å². The molecule has 1 atom stereocenters. The maximum Gasteiger partial charge on any atom is 0.402 e. The molecule has 0 spiro atoms. The molecule has 0 saturated heterocycles. The van der Waals surface area contributed by atoms with Crippen LogP contribution in [0.2, 0.25) is 0 Å². The number of hydrogen-bond donors (Lipinski definition) is 1. The van der Waals surface area contributed by atoms with Crippen molar-refractivity contribution in [1.82, 2.24) is 4.98 Å². The molecule has 2 nitrogen and oxygen atoms in total. The van der Waals surface area contributed by atoms with Crippen molar-refractivity contribution >= 4 is 11.3 Å². The second kappa shape index (κ2) is 5.04. The van der Waals surface area contributed by atoms with Gasteiger partial charge in [-0.2, -0.15) is 26.3 Å². The lowest BCUT2D eigenvalue weighted by Gasteiger charge is -2.27. The second-order valence-corrected chi connectivity index (χ2v) is 4.85. The Kier molecular flexibility index (Phi) is 4.26. The van der Waals surface area contributed by atoms with E-state index in [0.717, 1.165) is 11.3 Å². The summed E-state index contributed by atoms with van der Waals surface area (Å²) in [6.07, 6.45) is -11.4. The molecule has 9 heteroatoms. The number of nitrogens with zero attached hydrogens (tertiary/aromatic N) is 1. The highest BCUT2D eigenvalue weighted by molar-refractivity contribution is 7.09. The number of aromatic nitrogens is 1. The summed E-state index contributed by atoms with van der Waals surface area (Å²) in [6, 6.07) is -2.09. The van der Waals surface area contributed by atoms with Crippen LogP contribution in [0.4, 0.5) is 26.3 Å². The molecule has 0 saturated carbocycles. The van der Waals surface area contributed by atoms with Crippen LogP contribution >= 0.6 is 11.3 Å². The summed E-state index contributed by atoms with van der Waals surface area (Å²) >= 11 is 1.14. The number of thiazole rings is 1. The Morgan fingerprint density at radius 1 is 1.22 bits per heavy atom. The molecular formula is C9H10F6N2S. The lowest BCUT2D eigenvalue weighted by Crippen LogP contribution is -2.49. The molecule has 2 N–H and O–H groups in total. The second-order valence-electron chi connectivity index (χ2n) is 3.79. The van der Waals surface area contributed by atoms with Crippen LogP contribution in [0.1, 0.15) is 10.7 Å². The van der Waals surface area contributed by atoms with E-state index >= 15 is 0 Å². The summed E-state index contributed by atoms with van der Waals surface area (Å²) in [4.78, 5) is 3.80. The average molecular weight is 292 g/mol. The number of nitrogens with two attached hydrogens (primary N) is 1. The van der Waals surface area contributed by atoms with Crippen LogP contribution in [0.5, 0.6) is 0 Å². The molecule has 1 rings (SSSR count). The highest BCUT2D eigenvalue weighted by Crippen LogP contribution is 2.41. The molecule has 1 aromatic rings. The molecule has 1 aromatic heterocycles. The van der Waals surface area contributed by atoms with E-state index in [4.69, 9.17) is 5.73 Å². The number of halogens is 6. The van der Waals surface area contributed by atoms with Gasteiger partial charge < -0.3 is 5.73 Å². The van der Waals surface area contributed by atoms with Gasteiger partial charge in [-0.3, -0.25) is 0 Å². The first-order valence-electron chi connectivity index (χ1n) is 4.82. The molecule has 1 heterocycles. The molecule has 0 aliphatic heterocycles. The molecule has 104 valence electrons. The molecule has 0 amide bonds. The first-order chi connectivity index (χ1) is 8.01. The SMILES string of the molecule is Cc1nc(CC(N)C(C(F)(F)F)C(F)(F)F)cs1. The van der Waals surface area contributed by atoms with Crippen LogP contribution < -0.4 is 5.73 Å². The van der Waals surface area contributed by atoms with Gasteiger partial charge in [0.2, 0.25) is 0 Å². The van der Waals surface area contributed by atoms with Gasteiger partial charge in [0.05, 0.1) is 10.7 Å². The van der Waals surface area contributed by atoms with E-state index in [1.165, 1.54) is 5.38 Å². The van der Waals surface area contributed by atoms with Gasteiger partial charge in [-0.1, -0.05) is 0 Å². The van der Waals surface area contributed by atoms with Crippen molar-refractivity contribution in [3.05, 3.63) is 16.1 Å². The minimum Gasteiger partial charge on any atom is -0.326 e. The Morgan fingerprint density at radius 2 is 1.72 bits per heavy atom. The number of rotatable bonds is 3. The van der Waals surface area contributed by atoms with Crippen molar-refractivity contribution in [3.8, 4) is 0 Å². The topological polar surface area (TPSA) is 38.9 Å². The minimum atomic E-state index is -5.41. The quantitative estimate of drug-likeness (QED) is 0.870. The summed E-state index contributed by atoms with van der Waals surface area (Å²) in [7, 11) is 0. The monoisotopic (exact) mass is 292 g/mol. The van der Waals surface area contributed by atoms with E-state index in [-0.39, 0.29) is 5.69 Å². The highest BCUT2D eigenvalue weighted by Gasteiger charge is 2.59. The summed E-state index contributed by atoms with van der Waals surface area (Å²) in [5.74, 6) is -3.54. The van der Waals surface area contributed by atoms with Crippen molar-refractivity contribution in [3.63, 3.8) is 0 Å². The van der Waals surface area contributed by atoms with Crippen molar-refractivity contribution < 1.29 is 26.3 Å². The predicted octanol–water partition coefficient (Wildman–Crippen LogP) is 3.06. The summed E-state index contributed by atoms with van der Waals surface area (Å²) in [6.45, 7) is 1.60. The van der Waals surface area contributed by atoms with Gasteiger partial charge in [-0.05, 0) is 6.92 Å². The first kappa shape index (κ1) is 15.2. The Labute approximate surface area is 103 Å². The minimum absolute atomic E-state index is 0.142. The van der Waals surface area contributed by atoms with E-state index in [0.29, 0.717) is 5.01 Å². The lowest BCUT2D eigenvalue weighted by molar-refractivity contribution is -0.289. The third kappa shape index (κ3) is 3.84. The smallest absolute Gasteiger partial charge is 0.326 e. The summed E-state index contributed by atoms with van der Waals surface area (Å²) < 4.78 is 74.1. The fourth-order valence-electron chi connectivity index (χ4n) is 1.53. The number of alkyl halides is 6. The predicted molar refractivity (Wildman–Crippen MR) is 54.1 cm³/mol. The zero-order valence-corrected chi connectivity index (χ0v) is 9.96. The molecule has 0 bridgehead atoms. The molecular weight excluding hydrogens is 282 g/mol. The highest BCUT2D eigenvalue weighted by atomic mass is 32.1. The van der Waals surface area contributed by atoms with Gasteiger partial charge in [0.25, 0.3) is 0 Å². The fourth-order valence-corrected chi connectivity index (χ4v) is 2.16. The van der Waals surface area contributed by atoms with Crippen LogP contribution in [0.3, 0.4) is 0 Å². The third-order valence-corrected chi connectivity index (χ3v) is 3.07. The van der Waals surface area contributed by atoms with Crippen molar-refractivity contribution in [2.45, 2.75) is 31.7 Å². The van der Waals surface area contributed by atoms with Gasteiger partial charge in [0.15, 0.2) is 5.92 Å². The molecule has 0 radical (unpaired) electrons. The molecule has 0 aliphatic carbocycles. The summed E-state index contributed by atoms with van der Waals surface area (Å²) in [5.41, 5.74) is 5.20. The number of aryl methyl sites for hydroxylation is 1. The lowest BCUT2D eigenvalue weighted by atomic mass is 9.95. The van der Waals surface area contributed by atoms with Crippen LogP contribution in [0.25, 0.3) is 0 Å². The first-order valence-corrected chi connectivity index (χ1v) is 5.70. The average Bonchev–Trinajstić information content (AvgIpc) is 2.44. The van der Waals surface area contributed by atoms with E-state index < -0.39 is 30.7 Å². The van der Waals surface area contributed by atoms with Crippen LogP contribution in [0, 0.1) is 12.8 Å². The largest absolute Gasteiger partial charge is 0.402 e. The molecule has 0 aliphatic rings. The van der Waals surface area contributed by atoms with Gasteiger partial charge in [-0.25, -0.2) is 4.98 Å². The normalized spacial score (nSPS) is 15.2. The Bertz CT molecular complexity index is 382. The van der Waals surface area contributed by atoms with Gasteiger partial charge in [0, 0.05) is 17.8 Å². The van der Waals surface area contributed by atoms with Crippen molar-refractivity contribution in [2.75, 3.05) is 0 Å². The van der Waals surface area contributed by atoms with Crippen LogP contribution in [-0.2, 0) is 6.42 Å². The maximum absolute atomic E-state index is 12.4. The van der Waals surface area contributed by atoms with Crippen LogP contribution in [-0.4, -0.2) is 23.4 Å².